The molecule has 0 spiro atoms. The van der Waals surface area contributed by atoms with E-state index in [1.807, 2.05) is 24.3 Å². The lowest BCUT2D eigenvalue weighted by atomic mass is 9.99. The number of anilines is 5. The van der Waals surface area contributed by atoms with Gasteiger partial charge in [-0.05, 0) is 22.3 Å². The van der Waals surface area contributed by atoms with Crippen molar-refractivity contribution in [2.75, 3.05) is 51.1 Å². The molecule has 0 aliphatic carbocycles. The van der Waals surface area contributed by atoms with Crippen LogP contribution in [0.5, 0.6) is 5.75 Å². The van der Waals surface area contributed by atoms with Crippen molar-refractivity contribution in [1.82, 2.24) is 0 Å². The fourth-order valence-corrected chi connectivity index (χ4v) is 6.97. The number of fused-ring (bicyclic) bond motifs is 2. The van der Waals surface area contributed by atoms with Crippen LogP contribution in [-0.2, 0) is 31.0 Å². The fourth-order valence-electron chi connectivity index (χ4n) is 6.97. The van der Waals surface area contributed by atoms with E-state index in [2.05, 4.69) is 122 Å². The Morgan fingerprint density at radius 2 is 0.787 bits per heavy atom. The van der Waals surface area contributed by atoms with Gasteiger partial charge in [0.25, 0.3) is 0 Å². The first kappa shape index (κ1) is 30.2. The predicted octanol–water partition coefficient (Wildman–Crippen LogP) is 7.40. The summed E-state index contributed by atoms with van der Waals surface area (Å²) < 4.78 is 0. The van der Waals surface area contributed by atoms with Crippen molar-refractivity contribution < 1.29 is 9.90 Å². The summed E-state index contributed by atoms with van der Waals surface area (Å²) in [6, 6.07) is 41.6. The zero-order valence-electron chi connectivity index (χ0n) is 26.8. The molecule has 5 aromatic carbocycles. The zero-order valence-corrected chi connectivity index (χ0v) is 26.8. The Bertz CT molecular complexity index is 1690. The van der Waals surface area contributed by atoms with E-state index in [0.717, 1.165) is 54.6 Å². The molecule has 2 aliphatic rings. The third-order valence-corrected chi connectivity index (χ3v) is 9.08. The number of phenols is 1. The second kappa shape index (κ2) is 13.5. The molecular formula is C40H41N5O2. The molecule has 0 fully saturated rings. The largest absolute Gasteiger partial charge is 0.504 e. The van der Waals surface area contributed by atoms with Crippen LogP contribution in [0.3, 0.4) is 0 Å². The minimum atomic E-state index is -0.139. The highest BCUT2D eigenvalue weighted by molar-refractivity contribution is 6.10. The van der Waals surface area contributed by atoms with Gasteiger partial charge in [0.1, 0.15) is 11.4 Å². The first-order chi connectivity index (χ1) is 23.0. The maximum Gasteiger partial charge on any atom is 0.221 e. The fraction of sp³-hybridized carbons (Fsp3) is 0.225. The summed E-state index contributed by atoms with van der Waals surface area (Å²) in [5.41, 5.74) is 8.68. The third kappa shape index (κ3) is 6.47. The number of nitrogens with one attached hydrogen (secondary N) is 1. The number of aromatic hydroxyl groups is 1. The molecule has 0 saturated carbocycles. The van der Waals surface area contributed by atoms with E-state index < -0.39 is 0 Å². The lowest BCUT2D eigenvalue weighted by molar-refractivity contribution is -0.114. The molecule has 0 atom stereocenters. The number of rotatable bonds is 9. The van der Waals surface area contributed by atoms with Gasteiger partial charge in [-0.2, -0.15) is 0 Å². The molecule has 7 heteroatoms. The minimum Gasteiger partial charge on any atom is -0.504 e. The minimum absolute atomic E-state index is 0.139. The summed E-state index contributed by atoms with van der Waals surface area (Å²) in [7, 11) is 0. The third-order valence-electron chi connectivity index (χ3n) is 9.08. The lowest BCUT2D eigenvalue weighted by Crippen LogP contribution is -2.44. The molecule has 2 N–H and O–H groups in total. The molecule has 0 aromatic heterocycles. The summed E-state index contributed by atoms with van der Waals surface area (Å²) in [5, 5.41) is 16.0. The van der Waals surface area contributed by atoms with Crippen molar-refractivity contribution in [2.45, 2.75) is 33.1 Å². The molecule has 7 rings (SSSR count). The van der Waals surface area contributed by atoms with Crippen LogP contribution in [0.4, 0.5) is 28.4 Å². The molecule has 0 radical (unpaired) electrons. The standard InChI is InChI=1S/C40H41N5O2/c1-30(46)41-35-36-38(44(28-33-18-10-4-11-19-33)24-22-42(36)26-31-14-6-2-7-15-31)40(47)39-37(35)43(27-32-16-8-3-9-17-32)23-25-45(39)29-34-20-12-5-13-21-34/h2-21,47H,22-29H2,1H3,(H,41,46). The van der Waals surface area contributed by atoms with Crippen molar-refractivity contribution in [1.29, 1.82) is 0 Å². The van der Waals surface area contributed by atoms with Crippen molar-refractivity contribution in [3.8, 4) is 5.75 Å². The summed E-state index contributed by atoms with van der Waals surface area (Å²) in [5.74, 6) is 0.117. The number of amides is 1. The highest BCUT2D eigenvalue weighted by Crippen LogP contribution is 2.59. The Balaban J connectivity index is 1.45. The molecule has 0 saturated heterocycles. The van der Waals surface area contributed by atoms with E-state index >= 15 is 0 Å². The molecule has 7 nitrogen and oxygen atoms in total. The highest BCUT2D eigenvalue weighted by atomic mass is 16.3. The van der Waals surface area contributed by atoms with Crippen molar-refractivity contribution >= 4 is 34.3 Å². The van der Waals surface area contributed by atoms with Gasteiger partial charge in [-0.3, -0.25) is 4.79 Å². The molecule has 47 heavy (non-hydrogen) atoms. The molecular weight excluding hydrogens is 582 g/mol. The monoisotopic (exact) mass is 623 g/mol. The van der Waals surface area contributed by atoms with Crippen LogP contribution >= 0.6 is 0 Å². The summed E-state index contributed by atoms with van der Waals surface area (Å²) in [6.07, 6.45) is 0. The van der Waals surface area contributed by atoms with Gasteiger partial charge in [-0.25, -0.2) is 0 Å². The van der Waals surface area contributed by atoms with Crippen LogP contribution in [0.15, 0.2) is 121 Å². The second-order valence-electron chi connectivity index (χ2n) is 12.4. The Kier molecular flexibility index (Phi) is 8.69. The van der Waals surface area contributed by atoms with E-state index in [1.54, 1.807) is 6.92 Å². The lowest BCUT2D eigenvalue weighted by Gasteiger charge is -2.46. The average Bonchev–Trinajstić information content (AvgIpc) is 3.09. The quantitative estimate of drug-likeness (QED) is 0.167. The van der Waals surface area contributed by atoms with E-state index in [4.69, 9.17) is 0 Å². The van der Waals surface area contributed by atoms with Gasteiger partial charge < -0.3 is 30.0 Å². The molecule has 5 aromatic rings. The second-order valence-corrected chi connectivity index (χ2v) is 12.4. The van der Waals surface area contributed by atoms with Gasteiger partial charge >= 0.3 is 0 Å². The highest BCUT2D eigenvalue weighted by Gasteiger charge is 2.39. The van der Waals surface area contributed by atoms with Gasteiger partial charge in [-0.1, -0.05) is 121 Å². The van der Waals surface area contributed by atoms with Gasteiger partial charge in [0.2, 0.25) is 5.91 Å². The Labute approximate surface area is 277 Å². The molecule has 238 valence electrons. The first-order valence-corrected chi connectivity index (χ1v) is 16.4. The SMILES string of the molecule is CC(=O)Nc1c2c(c(O)c3c1N(Cc1ccccc1)CCN3Cc1ccccc1)N(Cc1ccccc1)CCN2Cc1ccccc1. The van der Waals surface area contributed by atoms with E-state index in [0.29, 0.717) is 26.2 Å². The van der Waals surface area contributed by atoms with Crippen LogP contribution in [0.1, 0.15) is 29.2 Å². The van der Waals surface area contributed by atoms with E-state index in [-0.39, 0.29) is 11.7 Å². The normalized spacial score (nSPS) is 14.1. The molecule has 1 amide bonds. The Morgan fingerprint density at radius 1 is 0.511 bits per heavy atom. The molecule has 2 heterocycles. The summed E-state index contributed by atoms with van der Waals surface area (Å²) in [4.78, 5) is 22.3. The summed E-state index contributed by atoms with van der Waals surface area (Å²) >= 11 is 0. The Hall–Kier alpha value is -5.43. The van der Waals surface area contributed by atoms with Crippen LogP contribution in [-0.4, -0.2) is 37.2 Å². The van der Waals surface area contributed by atoms with Crippen molar-refractivity contribution in [3.05, 3.63) is 144 Å². The topological polar surface area (TPSA) is 62.3 Å². The number of phenolic OH excluding ortho intramolecular Hbond substituents is 1. The van der Waals surface area contributed by atoms with Gasteiger partial charge in [0.15, 0.2) is 5.75 Å². The van der Waals surface area contributed by atoms with Gasteiger partial charge in [0, 0.05) is 59.3 Å². The van der Waals surface area contributed by atoms with Crippen LogP contribution < -0.4 is 24.9 Å². The molecule has 0 bridgehead atoms. The van der Waals surface area contributed by atoms with Crippen LogP contribution in [0.25, 0.3) is 0 Å². The number of carbonyl (C=O) groups is 1. The number of hydrogen-bond donors (Lipinski definition) is 2. The number of carbonyl (C=O) groups excluding carboxylic acids is 1. The molecule has 0 unspecified atom stereocenters. The van der Waals surface area contributed by atoms with E-state index in [9.17, 15) is 9.90 Å². The Morgan fingerprint density at radius 3 is 1.06 bits per heavy atom. The van der Waals surface area contributed by atoms with Gasteiger partial charge in [-0.15, -0.1) is 0 Å². The zero-order chi connectivity index (χ0) is 32.2. The number of benzene rings is 5. The number of nitrogens with zero attached hydrogens (tertiary/aromatic N) is 4. The van der Waals surface area contributed by atoms with Crippen molar-refractivity contribution in [3.63, 3.8) is 0 Å². The van der Waals surface area contributed by atoms with E-state index in [1.165, 1.54) is 22.3 Å². The van der Waals surface area contributed by atoms with Gasteiger partial charge in [0.05, 0.1) is 17.1 Å². The average molecular weight is 624 g/mol. The first-order valence-electron chi connectivity index (χ1n) is 16.4. The predicted molar refractivity (Wildman–Crippen MR) is 192 cm³/mol. The van der Waals surface area contributed by atoms with Crippen LogP contribution in [0.2, 0.25) is 0 Å². The maximum atomic E-state index is 13.1. The van der Waals surface area contributed by atoms with Crippen LogP contribution in [0, 0.1) is 0 Å². The number of hydrogen-bond acceptors (Lipinski definition) is 6. The smallest absolute Gasteiger partial charge is 0.221 e. The van der Waals surface area contributed by atoms with Crippen molar-refractivity contribution in [2.24, 2.45) is 0 Å². The summed E-state index contributed by atoms with van der Waals surface area (Å²) in [6.45, 7) is 7.12. The maximum absolute atomic E-state index is 13.1. The molecule has 2 aliphatic heterocycles.